The van der Waals surface area contributed by atoms with E-state index in [0.717, 1.165) is 11.3 Å². The zero-order valence-electron chi connectivity index (χ0n) is 10.1. The van der Waals surface area contributed by atoms with Crippen LogP contribution in [0, 0.1) is 0 Å². The summed E-state index contributed by atoms with van der Waals surface area (Å²) in [7, 11) is 1.61. The molecule has 1 aromatic heterocycles. The van der Waals surface area contributed by atoms with E-state index in [2.05, 4.69) is 4.98 Å². The molecule has 3 nitrogen and oxygen atoms in total. The number of benzene rings is 1. The highest BCUT2D eigenvalue weighted by atomic mass is 35.5. The highest BCUT2D eigenvalue weighted by Crippen LogP contribution is 2.32. The van der Waals surface area contributed by atoms with Crippen molar-refractivity contribution in [2.45, 2.75) is 12.5 Å². The Kier molecular flexibility index (Phi) is 4.42. The molecule has 0 aliphatic rings. The van der Waals surface area contributed by atoms with Crippen molar-refractivity contribution in [2.75, 3.05) is 7.11 Å². The van der Waals surface area contributed by atoms with Crippen LogP contribution in [0.4, 0.5) is 0 Å². The first-order valence-corrected chi connectivity index (χ1v) is 6.13. The Balaban J connectivity index is 2.17. The van der Waals surface area contributed by atoms with Crippen molar-refractivity contribution >= 4 is 11.6 Å². The zero-order chi connectivity index (χ0) is 12.8. The number of ether oxygens (including phenoxy) is 2. The molecule has 0 bridgehead atoms. The first kappa shape index (κ1) is 12.7. The molecule has 4 heteroatoms. The molecule has 18 heavy (non-hydrogen) atoms. The molecule has 0 fully saturated rings. The molecule has 0 saturated heterocycles. The smallest absolute Gasteiger partial charge is 0.166 e. The van der Waals surface area contributed by atoms with Crippen molar-refractivity contribution in [2.24, 2.45) is 0 Å². The number of pyridine rings is 1. The van der Waals surface area contributed by atoms with Gasteiger partial charge in [-0.2, -0.15) is 0 Å². The fraction of sp³-hybridized carbons (Fsp3) is 0.214. The van der Waals surface area contributed by atoms with E-state index < -0.39 is 0 Å². The summed E-state index contributed by atoms with van der Waals surface area (Å²) in [6.45, 7) is 0.394. The van der Waals surface area contributed by atoms with Gasteiger partial charge in [0.1, 0.15) is 6.61 Å². The van der Waals surface area contributed by atoms with Gasteiger partial charge in [0, 0.05) is 11.8 Å². The Morgan fingerprint density at radius 1 is 1.17 bits per heavy atom. The number of hydrogen-bond donors (Lipinski definition) is 0. The highest BCUT2D eigenvalue weighted by Gasteiger charge is 2.10. The van der Waals surface area contributed by atoms with Gasteiger partial charge in [-0.15, -0.1) is 11.6 Å². The summed E-state index contributed by atoms with van der Waals surface area (Å²) in [5, 5.41) is 0. The Hall–Kier alpha value is -1.74. The molecule has 1 heterocycles. The van der Waals surface area contributed by atoms with E-state index in [0.29, 0.717) is 24.0 Å². The van der Waals surface area contributed by atoms with E-state index in [1.165, 1.54) is 0 Å². The summed E-state index contributed by atoms with van der Waals surface area (Å²) < 4.78 is 11.0. The second-order valence-corrected chi connectivity index (χ2v) is 3.96. The van der Waals surface area contributed by atoms with Gasteiger partial charge in [-0.05, 0) is 18.2 Å². The van der Waals surface area contributed by atoms with E-state index in [1.54, 1.807) is 13.3 Å². The van der Waals surface area contributed by atoms with Gasteiger partial charge >= 0.3 is 0 Å². The summed E-state index contributed by atoms with van der Waals surface area (Å²) >= 11 is 5.89. The molecule has 0 spiro atoms. The van der Waals surface area contributed by atoms with Gasteiger partial charge in [0.2, 0.25) is 0 Å². The number of alkyl halides is 1. The van der Waals surface area contributed by atoms with Gasteiger partial charge in [0.25, 0.3) is 0 Å². The monoisotopic (exact) mass is 263 g/mol. The zero-order valence-corrected chi connectivity index (χ0v) is 10.9. The summed E-state index contributed by atoms with van der Waals surface area (Å²) in [5.74, 6) is 1.75. The normalized spacial score (nSPS) is 10.1. The predicted octanol–water partition coefficient (Wildman–Crippen LogP) is 3.41. The number of halogens is 1. The molecular weight excluding hydrogens is 250 g/mol. The molecule has 0 atom stereocenters. The van der Waals surface area contributed by atoms with Gasteiger partial charge < -0.3 is 9.47 Å². The lowest BCUT2D eigenvalue weighted by Crippen LogP contribution is -2.01. The third kappa shape index (κ3) is 2.93. The van der Waals surface area contributed by atoms with Crippen molar-refractivity contribution in [1.29, 1.82) is 0 Å². The molecule has 0 amide bonds. The molecule has 94 valence electrons. The number of methoxy groups -OCH3 is 1. The van der Waals surface area contributed by atoms with Crippen LogP contribution in [0.25, 0.3) is 0 Å². The Morgan fingerprint density at radius 3 is 2.72 bits per heavy atom. The maximum absolute atomic E-state index is 5.89. The maximum Gasteiger partial charge on any atom is 0.166 e. The SMILES string of the molecule is COc1cccc(CCl)c1OCc1ccccn1. The minimum absolute atomic E-state index is 0.384. The summed E-state index contributed by atoms with van der Waals surface area (Å²) in [6, 6.07) is 11.4. The minimum atomic E-state index is 0.384. The number of para-hydroxylation sites is 1. The largest absolute Gasteiger partial charge is 0.493 e. The average Bonchev–Trinajstić information content (AvgIpc) is 2.45. The van der Waals surface area contributed by atoms with Crippen molar-refractivity contribution < 1.29 is 9.47 Å². The lowest BCUT2D eigenvalue weighted by Gasteiger charge is -2.13. The van der Waals surface area contributed by atoms with Crippen LogP contribution in [-0.2, 0) is 12.5 Å². The number of hydrogen-bond acceptors (Lipinski definition) is 3. The standard InChI is InChI=1S/C14H14ClNO2/c1-17-13-7-4-5-11(9-15)14(13)18-10-12-6-2-3-8-16-12/h2-8H,9-10H2,1H3. The van der Waals surface area contributed by atoms with Gasteiger partial charge in [0.05, 0.1) is 18.7 Å². The van der Waals surface area contributed by atoms with Crippen molar-refractivity contribution in [3.05, 3.63) is 53.9 Å². The van der Waals surface area contributed by atoms with E-state index in [1.807, 2.05) is 36.4 Å². The average molecular weight is 264 g/mol. The van der Waals surface area contributed by atoms with Crippen LogP contribution >= 0.6 is 11.6 Å². The van der Waals surface area contributed by atoms with E-state index in [4.69, 9.17) is 21.1 Å². The second kappa shape index (κ2) is 6.26. The molecule has 2 rings (SSSR count). The lowest BCUT2D eigenvalue weighted by atomic mass is 10.2. The van der Waals surface area contributed by atoms with Crippen LogP contribution in [0.1, 0.15) is 11.3 Å². The van der Waals surface area contributed by atoms with Gasteiger partial charge in [-0.3, -0.25) is 4.98 Å². The maximum atomic E-state index is 5.89. The number of rotatable bonds is 5. The summed E-state index contributed by atoms with van der Waals surface area (Å²) in [5.41, 5.74) is 1.77. The number of nitrogens with zero attached hydrogens (tertiary/aromatic N) is 1. The fourth-order valence-corrected chi connectivity index (χ4v) is 1.83. The predicted molar refractivity (Wildman–Crippen MR) is 71.1 cm³/mol. The van der Waals surface area contributed by atoms with Gasteiger partial charge in [-0.1, -0.05) is 18.2 Å². The van der Waals surface area contributed by atoms with Crippen LogP contribution in [0.3, 0.4) is 0 Å². The molecule has 0 radical (unpaired) electrons. The van der Waals surface area contributed by atoms with Crippen LogP contribution in [0.2, 0.25) is 0 Å². The number of aromatic nitrogens is 1. The Labute approximate surface area is 111 Å². The Morgan fingerprint density at radius 2 is 2.06 bits per heavy atom. The highest BCUT2D eigenvalue weighted by molar-refractivity contribution is 6.17. The Bertz CT molecular complexity index is 480. The van der Waals surface area contributed by atoms with Crippen LogP contribution in [0.15, 0.2) is 42.6 Å². The molecule has 0 N–H and O–H groups in total. The van der Waals surface area contributed by atoms with Gasteiger partial charge in [-0.25, -0.2) is 0 Å². The molecule has 0 unspecified atom stereocenters. The molecule has 0 aliphatic heterocycles. The van der Waals surface area contributed by atoms with E-state index in [-0.39, 0.29) is 0 Å². The third-order valence-corrected chi connectivity index (χ3v) is 2.80. The molecule has 0 aliphatic carbocycles. The quantitative estimate of drug-likeness (QED) is 0.775. The first-order chi connectivity index (χ1) is 8.85. The minimum Gasteiger partial charge on any atom is -0.493 e. The topological polar surface area (TPSA) is 31.4 Å². The first-order valence-electron chi connectivity index (χ1n) is 5.59. The van der Waals surface area contributed by atoms with Crippen molar-refractivity contribution in [3.8, 4) is 11.5 Å². The molecule has 2 aromatic rings. The lowest BCUT2D eigenvalue weighted by molar-refractivity contribution is 0.278. The fourth-order valence-electron chi connectivity index (χ4n) is 1.62. The van der Waals surface area contributed by atoms with Crippen molar-refractivity contribution in [1.82, 2.24) is 4.98 Å². The van der Waals surface area contributed by atoms with E-state index in [9.17, 15) is 0 Å². The van der Waals surface area contributed by atoms with Crippen molar-refractivity contribution in [3.63, 3.8) is 0 Å². The third-order valence-electron chi connectivity index (χ3n) is 2.51. The van der Waals surface area contributed by atoms with Crippen LogP contribution in [0.5, 0.6) is 11.5 Å². The van der Waals surface area contributed by atoms with Gasteiger partial charge in [0.15, 0.2) is 11.5 Å². The molecular formula is C14H14ClNO2. The summed E-state index contributed by atoms with van der Waals surface area (Å²) in [4.78, 5) is 4.21. The van der Waals surface area contributed by atoms with Crippen LogP contribution in [-0.4, -0.2) is 12.1 Å². The van der Waals surface area contributed by atoms with E-state index >= 15 is 0 Å². The van der Waals surface area contributed by atoms with Crippen LogP contribution < -0.4 is 9.47 Å². The molecule has 0 saturated carbocycles. The second-order valence-electron chi connectivity index (χ2n) is 3.69. The summed E-state index contributed by atoms with van der Waals surface area (Å²) in [6.07, 6.45) is 1.74. The molecule has 1 aromatic carbocycles.